The summed E-state index contributed by atoms with van der Waals surface area (Å²) in [6, 6.07) is 0. The molecule has 17 heavy (non-hydrogen) atoms. The molecule has 2 aliphatic carbocycles. The molecule has 1 saturated heterocycles. The minimum atomic E-state index is -2.58. The van der Waals surface area contributed by atoms with Gasteiger partial charge in [0.15, 0.2) is 0 Å². The third kappa shape index (κ3) is 1.58. The van der Waals surface area contributed by atoms with Crippen molar-refractivity contribution >= 4 is 7.12 Å². The summed E-state index contributed by atoms with van der Waals surface area (Å²) in [7, 11) is -0.736. The molecule has 1 aliphatic heterocycles. The van der Waals surface area contributed by atoms with E-state index in [1.165, 1.54) is 0 Å². The van der Waals surface area contributed by atoms with Gasteiger partial charge in [0, 0.05) is 5.92 Å². The Morgan fingerprint density at radius 2 is 1.47 bits per heavy atom. The number of hydrogen-bond acceptors (Lipinski definition) is 2. The van der Waals surface area contributed by atoms with Gasteiger partial charge in [0.25, 0.3) is 5.92 Å². The van der Waals surface area contributed by atoms with Gasteiger partial charge in [0.2, 0.25) is 0 Å². The summed E-state index contributed by atoms with van der Waals surface area (Å²) in [6.07, 6.45) is 1.88. The zero-order valence-electron chi connectivity index (χ0n) is 10.8. The molecule has 2 atom stereocenters. The molecule has 2 saturated carbocycles. The van der Waals surface area contributed by atoms with Gasteiger partial charge < -0.3 is 9.31 Å². The second-order valence-electron chi connectivity index (χ2n) is 6.69. The zero-order valence-corrected chi connectivity index (χ0v) is 10.8. The van der Waals surface area contributed by atoms with Gasteiger partial charge in [0.1, 0.15) is 0 Å². The lowest BCUT2D eigenvalue weighted by molar-refractivity contribution is 0.00578. The first-order valence-electron chi connectivity index (χ1n) is 6.40. The Morgan fingerprint density at radius 1 is 1.00 bits per heavy atom. The van der Waals surface area contributed by atoms with Gasteiger partial charge in [-0.2, -0.15) is 0 Å². The van der Waals surface area contributed by atoms with Crippen LogP contribution in [0.1, 0.15) is 40.5 Å². The molecule has 0 aromatic heterocycles. The normalized spacial score (nSPS) is 41.6. The van der Waals surface area contributed by atoms with Crippen LogP contribution < -0.4 is 0 Å². The Kier molecular flexibility index (Phi) is 2.14. The van der Waals surface area contributed by atoms with Crippen LogP contribution in [0.5, 0.6) is 0 Å². The van der Waals surface area contributed by atoms with E-state index >= 15 is 0 Å². The summed E-state index contributed by atoms with van der Waals surface area (Å²) >= 11 is 0. The summed E-state index contributed by atoms with van der Waals surface area (Å²) in [5.74, 6) is -3.61. The Bertz CT molecular complexity index is 336. The molecular weight excluding hydrogens is 225 g/mol. The van der Waals surface area contributed by atoms with E-state index in [0.29, 0.717) is 0 Å². The lowest BCUT2D eigenvalue weighted by atomic mass is 9.79. The first-order valence-corrected chi connectivity index (χ1v) is 6.40. The quantitative estimate of drug-likeness (QED) is 0.695. The zero-order chi connectivity index (χ0) is 12.6. The highest BCUT2D eigenvalue weighted by Gasteiger charge is 2.79. The Balaban J connectivity index is 1.76. The Hall–Kier alpha value is -0.155. The van der Waals surface area contributed by atoms with E-state index in [0.717, 1.165) is 12.8 Å². The molecule has 3 fully saturated rings. The van der Waals surface area contributed by atoms with Crippen molar-refractivity contribution in [2.75, 3.05) is 0 Å². The van der Waals surface area contributed by atoms with Crippen molar-refractivity contribution in [3.8, 4) is 0 Å². The molecule has 0 spiro atoms. The number of halogens is 2. The largest absolute Gasteiger partial charge is 0.467 e. The molecule has 0 bridgehead atoms. The van der Waals surface area contributed by atoms with Crippen molar-refractivity contribution in [2.45, 2.75) is 63.5 Å². The van der Waals surface area contributed by atoms with Gasteiger partial charge in [-0.1, -0.05) is 0 Å². The summed E-state index contributed by atoms with van der Waals surface area (Å²) in [5, 5.41) is 0. The maximum Gasteiger partial charge on any atom is 0.467 e. The molecule has 3 aliphatic rings. The molecular formula is C12H19BF2O2. The molecule has 0 radical (unpaired) electrons. The summed E-state index contributed by atoms with van der Waals surface area (Å²) in [6.45, 7) is 7.61. The van der Waals surface area contributed by atoms with Gasteiger partial charge in [-0.3, -0.25) is 0 Å². The predicted molar refractivity (Wildman–Crippen MR) is 61.0 cm³/mol. The van der Waals surface area contributed by atoms with E-state index in [2.05, 4.69) is 0 Å². The summed E-state index contributed by atoms with van der Waals surface area (Å²) in [4.78, 5) is 0. The van der Waals surface area contributed by atoms with Gasteiger partial charge in [0.05, 0.1) is 17.0 Å². The first-order chi connectivity index (χ1) is 7.67. The number of rotatable bonds is 2. The van der Waals surface area contributed by atoms with Crippen LogP contribution in [0.4, 0.5) is 8.78 Å². The van der Waals surface area contributed by atoms with E-state index in [1.807, 2.05) is 27.7 Å². The fraction of sp³-hybridized carbons (Fsp3) is 1.00. The van der Waals surface area contributed by atoms with Crippen LogP contribution in [0, 0.1) is 11.8 Å². The van der Waals surface area contributed by atoms with Crippen LogP contribution in [-0.4, -0.2) is 24.2 Å². The average molecular weight is 244 g/mol. The molecule has 0 N–H and O–H groups in total. The highest BCUT2D eigenvalue weighted by molar-refractivity contribution is 6.49. The second-order valence-corrected chi connectivity index (χ2v) is 6.69. The van der Waals surface area contributed by atoms with Crippen LogP contribution in [-0.2, 0) is 9.31 Å². The van der Waals surface area contributed by atoms with Crippen molar-refractivity contribution in [3.05, 3.63) is 0 Å². The van der Waals surface area contributed by atoms with E-state index in [1.54, 1.807) is 0 Å². The Morgan fingerprint density at radius 3 is 1.88 bits per heavy atom. The van der Waals surface area contributed by atoms with Gasteiger partial charge in [-0.25, -0.2) is 8.78 Å². The van der Waals surface area contributed by atoms with Crippen LogP contribution in [0.2, 0.25) is 5.82 Å². The molecule has 5 heteroatoms. The van der Waals surface area contributed by atoms with Crippen molar-refractivity contribution in [3.63, 3.8) is 0 Å². The van der Waals surface area contributed by atoms with Crippen LogP contribution >= 0.6 is 0 Å². The minimum absolute atomic E-state index is 0.203. The fourth-order valence-corrected chi connectivity index (χ4v) is 2.82. The topological polar surface area (TPSA) is 18.5 Å². The molecule has 0 aromatic rings. The van der Waals surface area contributed by atoms with E-state index in [4.69, 9.17) is 9.31 Å². The molecule has 3 rings (SSSR count). The third-order valence-electron chi connectivity index (χ3n) is 4.86. The van der Waals surface area contributed by atoms with Crippen LogP contribution in [0.25, 0.3) is 0 Å². The number of hydrogen-bond donors (Lipinski definition) is 0. The van der Waals surface area contributed by atoms with E-state index in [9.17, 15) is 8.78 Å². The van der Waals surface area contributed by atoms with Crippen LogP contribution in [0.3, 0.4) is 0 Å². The lowest BCUT2D eigenvalue weighted by Gasteiger charge is -2.32. The highest BCUT2D eigenvalue weighted by Crippen LogP contribution is 2.71. The Labute approximate surface area is 101 Å². The maximum absolute atomic E-state index is 13.7. The van der Waals surface area contributed by atoms with Crippen molar-refractivity contribution in [1.82, 2.24) is 0 Å². The maximum atomic E-state index is 13.7. The lowest BCUT2D eigenvalue weighted by Crippen LogP contribution is -2.41. The van der Waals surface area contributed by atoms with Crippen molar-refractivity contribution in [2.24, 2.45) is 11.8 Å². The molecule has 0 amide bonds. The second kappa shape index (κ2) is 3.05. The van der Waals surface area contributed by atoms with Gasteiger partial charge in [-0.05, 0) is 46.5 Å². The van der Waals surface area contributed by atoms with Gasteiger partial charge in [-0.15, -0.1) is 0 Å². The monoisotopic (exact) mass is 244 g/mol. The van der Waals surface area contributed by atoms with Crippen molar-refractivity contribution < 1.29 is 18.1 Å². The van der Waals surface area contributed by atoms with Crippen molar-refractivity contribution in [1.29, 1.82) is 0 Å². The SMILES string of the molecule is CC1(C)OB([C@@H]2[C@@H](C3CC3)C2(F)F)OC1(C)C. The summed E-state index contributed by atoms with van der Waals surface area (Å²) in [5.41, 5.74) is -1.02. The standard InChI is InChI=1S/C12H19BF2O2/c1-10(2)11(3,4)17-13(16-10)9-8(7-5-6-7)12(9,14)15/h7-9H,5-6H2,1-4H3/t8-,9-/m1/s1. The average Bonchev–Trinajstić information content (AvgIpc) is 2.97. The first kappa shape index (κ1) is 11.9. The molecule has 96 valence electrons. The van der Waals surface area contributed by atoms with E-state index < -0.39 is 36.0 Å². The fourth-order valence-electron chi connectivity index (χ4n) is 2.82. The predicted octanol–water partition coefficient (Wildman–Crippen LogP) is 3.12. The molecule has 1 heterocycles. The smallest absolute Gasteiger partial charge is 0.403 e. The molecule has 0 aromatic carbocycles. The molecule has 2 nitrogen and oxygen atoms in total. The molecule has 0 unspecified atom stereocenters. The number of alkyl halides is 2. The highest BCUT2D eigenvalue weighted by atomic mass is 19.3. The van der Waals surface area contributed by atoms with E-state index in [-0.39, 0.29) is 5.92 Å². The summed E-state index contributed by atoms with van der Waals surface area (Å²) < 4.78 is 39.0. The van der Waals surface area contributed by atoms with Gasteiger partial charge >= 0.3 is 7.12 Å². The minimum Gasteiger partial charge on any atom is -0.403 e. The van der Waals surface area contributed by atoms with Crippen LogP contribution in [0.15, 0.2) is 0 Å². The third-order valence-corrected chi connectivity index (χ3v) is 4.86.